The molecule has 0 aliphatic carbocycles. The van der Waals surface area contributed by atoms with Crippen LogP contribution in [0.15, 0.2) is 161 Å². The second-order valence-corrected chi connectivity index (χ2v) is 14.7. The van der Waals surface area contributed by atoms with Gasteiger partial charge in [-0.25, -0.2) is 9.97 Å². The molecule has 0 saturated carbocycles. The molecule has 14 heteroatoms. The Bertz CT molecular complexity index is 3000. The van der Waals surface area contributed by atoms with Crippen molar-refractivity contribution >= 4 is 57.5 Å². The quantitative estimate of drug-likeness (QED) is 0.0788. The van der Waals surface area contributed by atoms with E-state index in [0.717, 1.165) is 44.5 Å². The van der Waals surface area contributed by atoms with Gasteiger partial charge in [-0.2, -0.15) is 0 Å². The predicted octanol–water partition coefficient (Wildman–Crippen LogP) is 11.4. The molecule has 9 rings (SSSR count). The number of oxazole rings is 2. The highest BCUT2D eigenvalue weighted by Crippen LogP contribution is 2.30. The normalized spacial score (nSPS) is 10.8. The Morgan fingerprint density at radius 1 is 0.619 bits per heavy atom. The lowest BCUT2D eigenvalue weighted by Crippen LogP contribution is -2.13. The van der Waals surface area contributed by atoms with Crippen LogP contribution in [0.4, 0.5) is 34.8 Å². The number of benzene rings is 4. The number of carbonyl (C=O) groups excluding carboxylic acids is 2. The molecule has 0 aliphatic heterocycles. The fourth-order valence-corrected chi connectivity index (χ4v) is 6.44. The van der Waals surface area contributed by atoms with E-state index in [1.165, 1.54) is 0 Å². The van der Waals surface area contributed by atoms with Gasteiger partial charge in [0.15, 0.2) is 11.5 Å². The second-order valence-electron chi connectivity index (χ2n) is 14.7. The number of H-pyrrole nitrogens is 1. The van der Waals surface area contributed by atoms with Crippen molar-refractivity contribution in [2.45, 2.75) is 33.8 Å². The van der Waals surface area contributed by atoms with Gasteiger partial charge in [-0.3, -0.25) is 19.6 Å². The first-order valence-electron chi connectivity index (χ1n) is 20.1. The summed E-state index contributed by atoms with van der Waals surface area (Å²) in [6.07, 6.45) is 12.0. The molecule has 0 unspecified atom stereocenters. The van der Waals surface area contributed by atoms with Crippen molar-refractivity contribution < 1.29 is 23.2 Å². The van der Waals surface area contributed by atoms with Crippen LogP contribution in [-0.2, 0) is 0 Å². The van der Waals surface area contributed by atoms with Crippen molar-refractivity contribution in [2.75, 3.05) is 21.3 Å². The van der Waals surface area contributed by atoms with Crippen LogP contribution in [0.1, 0.15) is 45.7 Å². The van der Waals surface area contributed by atoms with Crippen molar-refractivity contribution in [1.29, 1.82) is 0 Å². The Labute approximate surface area is 362 Å². The maximum Gasteiger partial charge on any atom is 0.299 e. The molecule has 5 N–H and O–H groups in total. The fraction of sp³-hybridized carbons (Fsp3) is 0.102. The summed E-state index contributed by atoms with van der Waals surface area (Å²) < 4.78 is 17.3. The Morgan fingerprint density at radius 2 is 1.16 bits per heavy atom. The Balaban J connectivity index is 0.000000173. The number of aromatic amines is 1. The van der Waals surface area contributed by atoms with E-state index in [-0.39, 0.29) is 17.9 Å². The highest BCUT2D eigenvalue weighted by molar-refractivity contribution is 6.06. The summed E-state index contributed by atoms with van der Waals surface area (Å²) in [6.45, 7) is 7.83. The number of anilines is 6. The van der Waals surface area contributed by atoms with Crippen molar-refractivity contribution in [3.63, 3.8) is 0 Å². The van der Waals surface area contributed by atoms with Gasteiger partial charge < -0.3 is 39.8 Å². The molecule has 0 fully saturated rings. The minimum absolute atomic E-state index is 0.0355. The summed E-state index contributed by atoms with van der Waals surface area (Å²) in [5, 5.41) is 13.3. The van der Waals surface area contributed by atoms with E-state index in [9.17, 15) is 9.59 Å². The average molecular weight is 838 g/mol. The summed E-state index contributed by atoms with van der Waals surface area (Å²) >= 11 is 0. The van der Waals surface area contributed by atoms with E-state index < -0.39 is 0 Å². The summed E-state index contributed by atoms with van der Waals surface area (Å²) in [5.74, 6) is 1.55. The van der Waals surface area contributed by atoms with Gasteiger partial charge in [0.2, 0.25) is 0 Å². The fourth-order valence-electron chi connectivity index (χ4n) is 6.44. The minimum Gasteiger partial charge on any atom is -0.491 e. The molecule has 14 nitrogen and oxygen atoms in total. The lowest BCUT2D eigenvalue weighted by molar-refractivity contribution is 0.101. The molecule has 5 heterocycles. The summed E-state index contributed by atoms with van der Waals surface area (Å²) in [4.78, 5) is 45.2. The first-order chi connectivity index (χ1) is 30.6. The number of carbonyl (C=O) groups is 2. The van der Waals surface area contributed by atoms with Crippen molar-refractivity contribution in [2.24, 2.45) is 0 Å². The Hall–Kier alpha value is -8.52. The van der Waals surface area contributed by atoms with Crippen molar-refractivity contribution in [3.05, 3.63) is 175 Å². The number of nitrogens with zero attached hydrogens (tertiary/aromatic N) is 4. The van der Waals surface area contributed by atoms with E-state index in [1.54, 1.807) is 55.4 Å². The number of rotatable bonds is 12. The van der Waals surface area contributed by atoms with Gasteiger partial charge in [-0.15, -0.1) is 0 Å². The number of fused-ring (bicyclic) bond motifs is 1. The number of nitrogens with one attached hydrogen (secondary N) is 5. The van der Waals surface area contributed by atoms with Gasteiger partial charge >= 0.3 is 0 Å². The SMILES string of the molecule is Cc1ccc(NC(=O)c2ccc3cc[nH]c3c2)cc1Nc1ncc(-c2ccncc2)o1.Cc1ccc(NC(=O)c2cccc(OC(C)C)c2)cc1Nc1ncc(-c2ccncc2)o1. The summed E-state index contributed by atoms with van der Waals surface area (Å²) in [7, 11) is 0. The third-order valence-corrected chi connectivity index (χ3v) is 9.70. The predicted molar refractivity (Wildman–Crippen MR) is 245 cm³/mol. The molecule has 5 aromatic heterocycles. The highest BCUT2D eigenvalue weighted by atomic mass is 16.5. The van der Waals surface area contributed by atoms with Gasteiger partial charge in [-0.05, 0) is 129 Å². The van der Waals surface area contributed by atoms with Gasteiger partial charge in [0, 0.05) is 81.5 Å². The first kappa shape index (κ1) is 41.2. The largest absolute Gasteiger partial charge is 0.491 e. The van der Waals surface area contributed by atoms with E-state index in [2.05, 4.69) is 46.2 Å². The zero-order valence-corrected chi connectivity index (χ0v) is 34.8. The standard InChI is InChI=1S/C25H24N4O3.C24H19N5O2/c1-16(2)31-21-6-4-5-19(13-21)24(30)28-20-8-7-17(3)22(14-20)29-25-27-15-23(32-25)18-9-11-26-12-10-18;1-15-2-5-19(28-23(30)18-4-3-16-8-11-26-21(16)12-18)13-20(15)29-24-27-14-22(31-24)17-6-9-25-10-7-17/h4-16H,1-3H3,(H,27,29)(H,28,30);2-14,26H,1H3,(H,27,29)(H,28,30). The summed E-state index contributed by atoms with van der Waals surface area (Å²) in [6, 6.07) is 34.1. The number of aromatic nitrogens is 5. The van der Waals surface area contributed by atoms with Crippen LogP contribution in [0.2, 0.25) is 0 Å². The average Bonchev–Trinajstić information content (AvgIpc) is 4.09. The zero-order chi connectivity index (χ0) is 43.7. The minimum atomic E-state index is -0.217. The Kier molecular flexibility index (Phi) is 12.3. The molecule has 0 saturated heterocycles. The van der Waals surface area contributed by atoms with E-state index in [1.807, 2.05) is 125 Å². The van der Waals surface area contributed by atoms with Crippen LogP contribution in [0.3, 0.4) is 0 Å². The third-order valence-electron chi connectivity index (χ3n) is 9.70. The highest BCUT2D eigenvalue weighted by Gasteiger charge is 2.14. The number of aryl methyl sites for hydroxylation is 2. The molecule has 0 spiro atoms. The maximum absolute atomic E-state index is 12.7. The van der Waals surface area contributed by atoms with Crippen molar-refractivity contribution in [3.8, 4) is 28.4 Å². The van der Waals surface area contributed by atoms with Crippen LogP contribution >= 0.6 is 0 Å². The molecule has 0 aliphatic rings. The molecular formula is C49H43N9O5. The third kappa shape index (κ3) is 10.4. The molecule has 4 aromatic carbocycles. The van der Waals surface area contributed by atoms with E-state index in [4.69, 9.17) is 13.6 Å². The lowest BCUT2D eigenvalue weighted by atomic mass is 10.1. The molecule has 2 amide bonds. The van der Waals surface area contributed by atoms with E-state index in [0.29, 0.717) is 51.8 Å². The number of ether oxygens (including phenoxy) is 1. The molecule has 63 heavy (non-hydrogen) atoms. The van der Waals surface area contributed by atoms with Crippen LogP contribution in [0, 0.1) is 13.8 Å². The van der Waals surface area contributed by atoms with Gasteiger partial charge in [0.05, 0.1) is 18.5 Å². The smallest absolute Gasteiger partial charge is 0.299 e. The van der Waals surface area contributed by atoms with Crippen LogP contribution < -0.4 is 26.0 Å². The molecular weight excluding hydrogens is 795 g/mol. The molecule has 0 atom stereocenters. The lowest BCUT2D eigenvalue weighted by Gasteiger charge is -2.12. The first-order valence-corrected chi connectivity index (χ1v) is 20.1. The van der Waals surface area contributed by atoms with Crippen LogP contribution in [0.25, 0.3) is 33.6 Å². The molecule has 0 bridgehead atoms. The number of hydrogen-bond acceptors (Lipinski definition) is 11. The van der Waals surface area contributed by atoms with Gasteiger partial charge in [0.25, 0.3) is 23.8 Å². The summed E-state index contributed by atoms with van der Waals surface area (Å²) in [5.41, 5.74) is 8.69. The van der Waals surface area contributed by atoms with Crippen molar-refractivity contribution in [1.82, 2.24) is 24.9 Å². The topological polar surface area (TPSA) is 185 Å². The molecule has 9 aromatic rings. The number of hydrogen-bond donors (Lipinski definition) is 5. The molecule has 314 valence electrons. The monoisotopic (exact) mass is 837 g/mol. The van der Waals surface area contributed by atoms with Crippen LogP contribution in [0.5, 0.6) is 5.75 Å². The van der Waals surface area contributed by atoms with Gasteiger partial charge in [0.1, 0.15) is 5.75 Å². The zero-order valence-electron chi connectivity index (χ0n) is 34.8. The number of amides is 2. The molecule has 0 radical (unpaired) electrons. The number of pyridine rings is 2. The van der Waals surface area contributed by atoms with Gasteiger partial charge in [-0.1, -0.05) is 24.3 Å². The van der Waals surface area contributed by atoms with E-state index >= 15 is 0 Å². The second kappa shape index (κ2) is 18.8. The Morgan fingerprint density at radius 3 is 1.70 bits per heavy atom. The van der Waals surface area contributed by atoms with Crippen LogP contribution in [-0.4, -0.2) is 42.8 Å². The maximum atomic E-state index is 12.7.